The fourth-order valence-corrected chi connectivity index (χ4v) is 4.99. The maximum Gasteiger partial charge on any atom is 0.336 e. The molecule has 0 bridgehead atoms. The first-order valence-corrected chi connectivity index (χ1v) is 12.0. The topological polar surface area (TPSA) is 73.9 Å². The Morgan fingerprint density at radius 1 is 1.06 bits per heavy atom. The van der Waals surface area contributed by atoms with Crippen LogP contribution in [0.1, 0.15) is 50.5 Å². The SMILES string of the molecule is CC1=C(C(=O)OC[C@H]2CCCO2)[C@@H](c2cccc(Oc3ccccc3)c2)C2=C(CCCC2=O)N1. The second-order valence-electron chi connectivity index (χ2n) is 8.99. The molecule has 2 heterocycles. The molecule has 0 radical (unpaired) electrons. The number of dihydropyridines is 1. The fourth-order valence-electron chi connectivity index (χ4n) is 4.99. The fraction of sp³-hybridized carbons (Fsp3) is 0.357. The van der Waals surface area contributed by atoms with Gasteiger partial charge >= 0.3 is 5.97 Å². The minimum Gasteiger partial charge on any atom is -0.459 e. The number of benzene rings is 2. The molecular formula is C28H29NO5. The molecule has 1 fully saturated rings. The van der Waals surface area contributed by atoms with Crippen LogP contribution in [0.3, 0.4) is 0 Å². The summed E-state index contributed by atoms with van der Waals surface area (Å²) in [4.78, 5) is 26.5. The van der Waals surface area contributed by atoms with Crippen molar-refractivity contribution in [2.24, 2.45) is 0 Å². The van der Waals surface area contributed by atoms with E-state index < -0.39 is 11.9 Å². The Labute approximate surface area is 199 Å². The van der Waals surface area contributed by atoms with Crippen molar-refractivity contribution in [1.82, 2.24) is 5.32 Å². The number of carbonyl (C=O) groups is 2. The highest BCUT2D eigenvalue weighted by Crippen LogP contribution is 2.43. The number of rotatable bonds is 6. The summed E-state index contributed by atoms with van der Waals surface area (Å²) in [6.07, 6.45) is 3.88. The van der Waals surface area contributed by atoms with Crippen LogP contribution in [0.25, 0.3) is 0 Å². The van der Waals surface area contributed by atoms with E-state index in [1.807, 2.05) is 61.5 Å². The normalized spacial score (nSPS) is 22.3. The van der Waals surface area contributed by atoms with Crippen LogP contribution < -0.4 is 10.1 Å². The van der Waals surface area contributed by atoms with Crippen molar-refractivity contribution < 1.29 is 23.8 Å². The van der Waals surface area contributed by atoms with Crippen LogP contribution in [0.15, 0.2) is 77.1 Å². The van der Waals surface area contributed by atoms with Crippen molar-refractivity contribution in [2.75, 3.05) is 13.2 Å². The number of ketones is 1. The summed E-state index contributed by atoms with van der Waals surface area (Å²) in [5.74, 6) is 0.536. The van der Waals surface area contributed by atoms with Gasteiger partial charge in [0.05, 0.1) is 11.7 Å². The van der Waals surface area contributed by atoms with E-state index >= 15 is 0 Å². The minimum atomic E-state index is -0.500. The zero-order valence-electron chi connectivity index (χ0n) is 19.3. The van der Waals surface area contributed by atoms with Crippen molar-refractivity contribution in [2.45, 2.75) is 51.0 Å². The van der Waals surface area contributed by atoms with Crippen LogP contribution in [0.4, 0.5) is 0 Å². The Hall–Kier alpha value is -3.38. The maximum atomic E-state index is 13.4. The molecule has 1 N–H and O–H groups in total. The number of Topliss-reactive ketones (excluding diaryl/α,β-unsaturated/α-hetero) is 1. The molecule has 2 aromatic rings. The molecule has 0 unspecified atom stereocenters. The number of hydrogen-bond donors (Lipinski definition) is 1. The molecule has 6 heteroatoms. The predicted molar refractivity (Wildman–Crippen MR) is 127 cm³/mol. The summed E-state index contributed by atoms with van der Waals surface area (Å²) >= 11 is 0. The van der Waals surface area contributed by atoms with Crippen LogP contribution >= 0.6 is 0 Å². The number of para-hydroxylation sites is 1. The van der Waals surface area contributed by atoms with Crippen molar-refractivity contribution >= 4 is 11.8 Å². The summed E-state index contributed by atoms with van der Waals surface area (Å²) in [5.41, 5.74) is 3.61. The van der Waals surface area contributed by atoms with Gasteiger partial charge in [-0.15, -0.1) is 0 Å². The van der Waals surface area contributed by atoms with Crippen molar-refractivity contribution in [3.63, 3.8) is 0 Å². The lowest BCUT2D eigenvalue weighted by molar-refractivity contribution is -0.142. The first-order chi connectivity index (χ1) is 16.6. The van der Waals surface area contributed by atoms with Gasteiger partial charge in [-0.3, -0.25) is 4.79 Å². The van der Waals surface area contributed by atoms with Crippen LogP contribution in [0.5, 0.6) is 11.5 Å². The Morgan fingerprint density at radius 3 is 2.68 bits per heavy atom. The monoisotopic (exact) mass is 459 g/mol. The second kappa shape index (κ2) is 9.85. The Balaban J connectivity index is 1.49. The third-order valence-corrected chi connectivity index (χ3v) is 6.59. The van der Waals surface area contributed by atoms with E-state index in [0.717, 1.165) is 48.4 Å². The zero-order valence-corrected chi connectivity index (χ0v) is 19.3. The molecule has 34 heavy (non-hydrogen) atoms. The first-order valence-electron chi connectivity index (χ1n) is 12.0. The van der Waals surface area contributed by atoms with Crippen molar-refractivity contribution in [3.05, 3.63) is 82.7 Å². The summed E-state index contributed by atoms with van der Waals surface area (Å²) < 4.78 is 17.4. The van der Waals surface area contributed by atoms with Gasteiger partial charge in [0.2, 0.25) is 0 Å². The highest BCUT2D eigenvalue weighted by molar-refractivity contribution is 6.03. The molecule has 2 aromatic carbocycles. The van der Waals surface area contributed by atoms with Gasteiger partial charge in [-0.05, 0) is 62.4 Å². The molecule has 0 saturated carbocycles. The molecule has 0 spiro atoms. The van der Waals surface area contributed by atoms with Crippen molar-refractivity contribution in [1.29, 1.82) is 0 Å². The van der Waals surface area contributed by atoms with Gasteiger partial charge in [0.15, 0.2) is 5.78 Å². The van der Waals surface area contributed by atoms with E-state index in [0.29, 0.717) is 29.9 Å². The number of allylic oxidation sites excluding steroid dienone is 3. The molecule has 2 atom stereocenters. The van der Waals surface area contributed by atoms with Crippen molar-refractivity contribution in [3.8, 4) is 11.5 Å². The predicted octanol–water partition coefficient (Wildman–Crippen LogP) is 5.17. The molecule has 2 aliphatic heterocycles. The smallest absolute Gasteiger partial charge is 0.336 e. The Bertz CT molecular complexity index is 1140. The lowest BCUT2D eigenvalue weighted by Crippen LogP contribution is -2.35. The van der Waals surface area contributed by atoms with Gasteiger partial charge in [0, 0.05) is 35.9 Å². The average Bonchev–Trinajstić information content (AvgIpc) is 3.36. The zero-order chi connectivity index (χ0) is 23.5. The standard InChI is InChI=1S/C28H29NO5/c1-18-25(28(31)33-17-22-12-7-15-32-22)26(27-23(29-18)13-6-14-24(27)30)19-8-5-11-21(16-19)34-20-9-3-2-4-10-20/h2-5,8-11,16,22,26,29H,6-7,12-15,17H2,1H3/t22-,26-/m1/s1. The second-order valence-corrected chi connectivity index (χ2v) is 8.99. The van der Waals surface area contributed by atoms with Gasteiger partial charge in [-0.2, -0.15) is 0 Å². The van der Waals surface area contributed by atoms with Gasteiger partial charge in [-0.25, -0.2) is 4.79 Å². The van der Waals surface area contributed by atoms with Gasteiger partial charge in [-0.1, -0.05) is 30.3 Å². The molecule has 176 valence electrons. The average molecular weight is 460 g/mol. The maximum absolute atomic E-state index is 13.4. The molecule has 6 nitrogen and oxygen atoms in total. The molecule has 1 saturated heterocycles. The summed E-state index contributed by atoms with van der Waals surface area (Å²) in [6.45, 7) is 2.80. The molecular weight excluding hydrogens is 430 g/mol. The van der Waals surface area contributed by atoms with Gasteiger partial charge in [0.1, 0.15) is 18.1 Å². The molecule has 3 aliphatic rings. The lowest BCUT2D eigenvalue weighted by atomic mass is 9.75. The molecule has 1 aliphatic carbocycles. The van der Waals surface area contributed by atoms with Gasteiger partial charge < -0.3 is 19.5 Å². The van der Waals surface area contributed by atoms with E-state index in [2.05, 4.69) is 5.32 Å². The Morgan fingerprint density at radius 2 is 1.88 bits per heavy atom. The van der Waals surface area contributed by atoms with Crippen LogP contribution in [0, 0.1) is 0 Å². The minimum absolute atomic E-state index is 0.0615. The lowest BCUT2D eigenvalue weighted by Gasteiger charge is -2.34. The highest BCUT2D eigenvalue weighted by atomic mass is 16.6. The van der Waals surface area contributed by atoms with Crippen LogP contribution in [0.2, 0.25) is 0 Å². The summed E-state index contributed by atoms with van der Waals surface area (Å²) in [5, 5.41) is 3.34. The van der Waals surface area contributed by atoms with Crippen LogP contribution in [-0.2, 0) is 19.1 Å². The van der Waals surface area contributed by atoms with E-state index in [1.54, 1.807) is 0 Å². The van der Waals surface area contributed by atoms with E-state index in [9.17, 15) is 9.59 Å². The number of hydrogen-bond acceptors (Lipinski definition) is 6. The molecule has 0 aromatic heterocycles. The summed E-state index contributed by atoms with van der Waals surface area (Å²) in [7, 11) is 0. The number of nitrogens with one attached hydrogen (secondary N) is 1. The Kier molecular flexibility index (Phi) is 6.50. The molecule has 0 amide bonds. The van der Waals surface area contributed by atoms with Crippen LogP contribution in [-0.4, -0.2) is 31.1 Å². The number of carbonyl (C=O) groups excluding carboxylic acids is 2. The van der Waals surface area contributed by atoms with E-state index in [1.165, 1.54) is 0 Å². The third-order valence-electron chi connectivity index (χ3n) is 6.59. The van der Waals surface area contributed by atoms with E-state index in [4.69, 9.17) is 14.2 Å². The quantitative estimate of drug-likeness (QED) is 0.601. The first kappa shape index (κ1) is 22.4. The summed E-state index contributed by atoms with van der Waals surface area (Å²) in [6, 6.07) is 17.2. The molecule has 5 rings (SSSR count). The number of esters is 1. The third kappa shape index (κ3) is 4.64. The van der Waals surface area contributed by atoms with E-state index in [-0.39, 0.29) is 18.5 Å². The number of ether oxygens (including phenoxy) is 3. The largest absolute Gasteiger partial charge is 0.459 e. The highest BCUT2D eigenvalue weighted by Gasteiger charge is 2.39. The van der Waals surface area contributed by atoms with Gasteiger partial charge in [0.25, 0.3) is 0 Å².